The van der Waals surface area contributed by atoms with Crippen LogP contribution in [0.5, 0.6) is 0 Å². The minimum atomic E-state index is -1.30. The summed E-state index contributed by atoms with van der Waals surface area (Å²) in [5.41, 5.74) is 1.55. The molecule has 0 aromatic heterocycles. The van der Waals surface area contributed by atoms with Gasteiger partial charge in [0.05, 0.1) is 0 Å². The third kappa shape index (κ3) is 2.99. The lowest BCUT2D eigenvalue weighted by atomic mass is 10.1. The monoisotopic (exact) mass is 197 g/mol. The molecule has 4 heteroatoms. The molecule has 3 nitrogen and oxygen atoms in total. The van der Waals surface area contributed by atoms with Gasteiger partial charge in [0, 0.05) is 11.8 Å². The Morgan fingerprint density at radius 1 is 1.46 bits per heavy atom. The zero-order chi connectivity index (χ0) is 9.84. The molecule has 0 saturated carbocycles. The van der Waals surface area contributed by atoms with E-state index in [0.717, 1.165) is 5.56 Å². The zero-order valence-corrected chi connectivity index (χ0v) is 8.35. The molecular formula is C9H11NO2S. The van der Waals surface area contributed by atoms with E-state index in [1.54, 1.807) is 18.2 Å². The Labute approximate surface area is 79.7 Å². The molecule has 1 aromatic carbocycles. The van der Waals surface area contributed by atoms with Crippen LogP contribution in [0, 0.1) is 6.92 Å². The molecule has 1 rings (SSSR count). The average Bonchev–Trinajstić information content (AvgIpc) is 2.03. The van der Waals surface area contributed by atoms with Crippen LogP contribution in [0.1, 0.15) is 15.9 Å². The highest BCUT2D eigenvalue weighted by Gasteiger charge is 2.05. The number of nitrogens with one attached hydrogen (secondary N) is 1. The van der Waals surface area contributed by atoms with Crippen LogP contribution >= 0.6 is 0 Å². The van der Waals surface area contributed by atoms with Crippen LogP contribution in [0.3, 0.4) is 0 Å². The standard InChI is InChI=1S/C9H11NO2S/c1-7-4-3-5-8(6-7)9(11)10-13(2)12/h3-6H,1-2H3,(H,10,11). The van der Waals surface area contributed by atoms with E-state index in [9.17, 15) is 9.00 Å². The number of carbonyl (C=O) groups is 1. The van der Waals surface area contributed by atoms with Crippen molar-refractivity contribution in [2.45, 2.75) is 6.92 Å². The minimum Gasteiger partial charge on any atom is -0.271 e. The Morgan fingerprint density at radius 3 is 2.69 bits per heavy atom. The molecule has 0 spiro atoms. The van der Waals surface area contributed by atoms with E-state index >= 15 is 0 Å². The summed E-state index contributed by atoms with van der Waals surface area (Å²) in [5.74, 6) is -0.301. The highest BCUT2D eigenvalue weighted by molar-refractivity contribution is 7.82. The highest BCUT2D eigenvalue weighted by Crippen LogP contribution is 2.03. The molecule has 13 heavy (non-hydrogen) atoms. The van der Waals surface area contributed by atoms with Crippen molar-refractivity contribution in [2.75, 3.05) is 6.26 Å². The fourth-order valence-electron chi connectivity index (χ4n) is 0.976. The Hall–Kier alpha value is -1.16. The van der Waals surface area contributed by atoms with Crippen LogP contribution in [0.2, 0.25) is 0 Å². The predicted molar refractivity (Wildman–Crippen MR) is 52.7 cm³/mol. The molecule has 0 fully saturated rings. The molecule has 0 aliphatic heterocycles. The van der Waals surface area contributed by atoms with Gasteiger partial charge in [0.2, 0.25) is 0 Å². The molecule has 1 N–H and O–H groups in total. The summed E-state index contributed by atoms with van der Waals surface area (Å²) in [6, 6.07) is 7.14. The van der Waals surface area contributed by atoms with Crippen molar-refractivity contribution < 1.29 is 9.00 Å². The summed E-state index contributed by atoms with van der Waals surface area (Å²) in [4.78, 5) is 11.3. The second-order valence-electron chi connectivity index (χ2n) is 2.75. The molecule has 0 bridgehead atoms. The van der Waals surface area contributed by atoms with E-state index in [1.807, 2.05) is 13.0 Å². The van der Waals surface area contributed by atoms with Gasteiger partial charge in [0.25, 0.3) is 5.91 Å². The molecule has 0 heterocycles. The SMILES string of the molecule is Cc1cccc(C(=O)NS(C)=O)c1. The van der Waals surface area contributed by atoms with Crippen LogP contribution in [-0.4, -0.2) is 16.4 Å². The number of carbonyl (C=O) groups excluding carboxylic acids is 1. The van der Waals surface area contributed by atoms with Gasteiger partial charge in [-0.1, -0.05) is 17.7 Å². The number of benzene rings is 1. The van der Waals surface area contributed by atoms with Crippen LogP contribution < -0.4 is 4.72 Å². The lowest BCUT2D eigenvalue weighted by molar-refractivity contribution is 0.0983. The van der Waals surface area contributed by atoms with Crippen molar-refractivity contribution in [1.29, 1.82) is 0 Å². The lowest BCUT2D eigenvalue weighted by Crippen LogP contribution is -2.24. The summed E-state index contributed by atoms with van der Waals surface area (Å²) < 4.78 is 13.0. The Morgan fingerprint density at radius 2 is 2.15 bits per heavy atom. The quantitative estimate of drug-likeness (QED) is 0.769. The third-order valence-corrected chi connectivity index (χ3v) is 1.99. The van der Waals surface area contributed by atoms with Crippen molar-refractivity contribution in [2.24, 2.45) is 0 Å². The molecule has 1 atom stereocenters. The van der Waals surface area contributed by atoms with Crippen molar-refractivity contribution in [3.8, 4) is 0 Å². The van der Waals surface area contributed by atoms with E-state index < -0.39 is 11.0 Å². The van der Waals surface area contributed by atoms with Gasteiger partial charge in [-0.05, 0) is 19.1 Å². The third-order valence-electron chi connectivity index (χ3n) is 1.52. The Balaban J connectivity index is 2.83. The van der Waals surface area contributed by atoms with Crippen LogP contribution in [0.25, 0.3) is 0 Å². The van der Waals surface area contributed by atoms with Gasteiger partial charge < -0.3 is 0 Å². The normalized spacial score (nSPS) is 12.2. The average molecular weight is 197 g/mol. The molecular weight excluding hydrogens is 186 g/mol. The molecule has 0 aliphatic rings. The first-order valence-electron chi connectivity index (χ1n) is 3.80. The van der Waals surface area contributed by atoms with E-state index in [-0.39, 0.29) is 5.91 Å². The molecule has 0 radical (unpaired) electrons. The van der Waals surface area contributed by atoms with Gasteiger partial charge in [-0.3, -0.25) is 9.52 Å². The maximum atomic E-state index is 11.3. The number of hydrogen-bond acceptors (Lipinski definition) is 2. The summed E-state index contributed by atoms with van der Waals surface area (Å²) in [7, 11) is -1.30. The largest absolute Gasteiger partial charge is 0.271 e. The van der Waals surface area contributed by atoms with Gasteiger partial charge >= 0.3 is 0 Å². The zero-order valence-electron chi connectivity index (χ0n) is 7.53. The van der Waals surface area contributed by atoms with Crippen LogP contribution in [0.15, 0.2) is 24.3 Å². The van der Waals surface area contributed by atoms with Gasteiger partial charge in [0.15, 0.2) is 0 Å². The van der Waals surface area contributed by atoms with E-state index in [4.69, 9.17) is 0 Å². The first-order chi connectivity index (χ1) is 6.09. The molecule has 70 valence electrons. The lowest BCUT2D eigenvalue weighted by Gasteiger charge is -2.01. The highest BCUT2D eigenvalue weighted by atomic mass is 32.2. The maximum absolute atomic E-state index is 11.3. The molecule has 0 saturated heterocycles. The van der Waals surface area contributed by atoms with Gasteiger partial charge in [-0.2, -0.15) is 0 Å². The molecule has 0 aliphatic carbocycles. The second-order valence-corrected chi connectivity index (χ2v) is 3.87. The van der Waals surface area contributed by atoms with Crippen molar-refractivity contribution in [3.63, 3.8) is 0 Å². The van der Waals surface area contributed by atoms with E-state index in [1.165, 1.54) is 6.26 Å². The maximum Gasteiger partial charge on any atom is 0.262 e. The van der Waals surface area contributed by atoms with Crippen molar-refractivity contribution in [1.82, 2.24) is 4.72 Å². The van der Waals surface area contributed by atoms with Crippen LogP contribution in [-0.2, 0) is 11.0 Å². The summed E-state index contributed by atoms with van der Waals surface area (Å²) in [6.07, 6.45) is 1.42. The number of rotatable bonds is 2. The fraction of sp³-hybridized carbons (Fsp3) is 0.222. The van der Waals surface area contributed by atoms with E-state index in [2.05, 4.69) is 4.72 Å². The smallest absolute Gasteiger partial charge is 0.262 e. The summed E-state index contributed by atoms with van der Waals surface area (Å²) in [6.45, 7) is 1.90. The predicted octanol–water partition coefficient (Wildman–Crippen LogP) is 1.02. The molecule has 1 amide bonds. The minimum absolute atomic E-state index is 0.301. The first-order valence-corrected chi connectivity index (χ1v) is 5.36. The number of hydrogen-bond donors (Lipinski definition) is 1. The van der Waals surface area contributed by atoms with Crippen molar-refractivity contribution in [3.05, 3.63) is 35.4 Å². The van der Waals surface area contributed by atoms with E-state index in [0.29, 0.717) is 5.56 Å². The summed E-state index contributed by atoms with van der Waals surface area (Å²) >= 11 is 0. The number of aryl methyl sites for hydroxylation is 1. The number of amides is 1. The first kappa shape index (κ1) is 9.92. The molecule has 1 unspecified atom stereocenters. The second kappa shape index (κ2) is 4.18. The topological polar surface area (TPSA) is 46.2 Å². The van der Waals surface area contributed by atoms with Gasteiger partial charge in [-0.25, -0.2) is 4.21 Å². The van der Waals surface area contributed by atoms with Gasteiger partial charge in [0.1, 0.15) is 11.0 Å². The Bertz CT molecular complexity index is 349. The summed E-state index contributed by atoms with van der Waals surface area (Å²) in [5, 5.41) is 0. The van der Waals surface area contributed by atoms with Gasteiger partial charge in [-0.15, -0.1) is 0 Å². The van der Waals surface area contributed by atoms with Crippen molar-refractivity contribution >= 4 is 16.9 Å². The Kier molecular flexibility index (Phi) is 3.19. The molecule has 1 aromatic rings. The van der Waals surface area contributed by atoms with Crippen LogP contribution in [0.4, 0.5) is 0 Å². The fourth-order valence-corrected chi connectivity index (χ4v) is 1.35.